The molecule has 1 aliphatic rings. The minimum Gasteiger partial charge on any atom is -0.393 e. The van der Waals surface area contributed by atoms with Gasteiger partial charge in [-0.25, -0.2) is 0 Å². The Morgan fingerprint density at radius 1 is 1.40 bits per heavy atom. The topological polar surface area (TPSA) is 44.5 Å². The van der Waals surface area contributed by atoms with Crippen molar-refractivity contribution in [1.82, 2.24) is 0 Å². The Kier molecular flexibility index (Phi) is 6.88. The molecule has 0 aromatic rings. The lowest BCUT2D eigenvalue weighted by molar-refractivity contribution is -0.0410. The molecule has 0 bridgehead atoms. The third kappa shape index (κ3) is 6.82. The van der Waals surface area contributed by atoms with E-state index in [1.54, 1.807) is 0 Å². The first-order chi connectivity index (χ1) is 7.29. The van der Waals surface area contributed by atoms with E-state index < -0.39 is 0 Å². The predicted molar refractivity (Wildman–Crippen MR) is 65.0 cm³/mol. The standard InChI is InChI=1S/C11H21NO2S/c12-11(15)6-2-3-7-13-9-10-5-1-4-8-14-10/h10H,1-9H2,(H2,12,15). The highest BCUT2D eigenvalue weighted by Crippen LogP contribution is 2.12. The van der Waals surface area contributed by atoms with Crippen LogP contribution in [0.1, 0.15) is 38.5 Å². The van der Waals surface area contributed by atoms with Crippen molar-refractivity contribution < 1.29 is 9.47 Å². The van der Waals surface area contributed by atoms with Gasteiger partial charge in [0.15, 0.2) is 0 Å². The average molecular weight is 231 g/mol. The van der Waals surface area contributed by atoms with E-state index >= 15 is 0 Å². The highest BCUT2D eigenvalue weighted by molar-refractivity contribution is 7.80. The highest BCUT2D eigenvalue weighted by atomic mass is 32.1. The summed E-state index contributed by atoms with van der Waals surface area (Å²) in [5.41, 5.74) is 5.39. The first-order valence-corrected chi connectivity index (χ1v) is 6.17. The molecular weight excluding hydrogens is 210 g/mol. The zero-order valence-corrected chi connectivity index (χ0v) is 10.1. The van der Waals surface area contributed by atoms with Gasteiger partial charge in [-0.05, 0) is 38.5 Å². The molecular formula is C11H21NO2S. The number of ether oxygens (including phenoxy) is 2. The molecule has 1 saturated heterocycles. The molecule has 2 N–H and O–H groups in total. The van der Waals surface area contributed by atoms with Gasteiger partial charge in [0.25, 0.3) is 0 Å². The third-order valence-corrected chi connectivity index (χ3v) is 2.74. The van der Waals surface area contributed by atoms with E-state index in [1.807, 2.05) is 0 Å². The fraction of sp³-hybridized carbons (Fsp3) is 0.909. The Labute approximate surface area is 97.3 Å². The quantitative estimate of drug-likeness (QED) is 0.538. The molecule has 1 aliphatic heterocycles. The Morgan fingerprint density at radius 3 is 2.93 bits per heavy atom. The lowest BCUT2D eigenvalue weighted by Gasteiger charge is -2.22. The van der Waals surface area contributed by atoms with Crippen molar-refractivity contribution in [2.45, 2.75) is 44.6 Å². The normalized spacial score (nSPS) is 21.5. The number of thiocarbonyl (C=S) groups is 1. The summed E-state index contributed by atoms with van der Waals surface area (Å²) in [5, 5.41) is 0. The third-order valence-electron chi connectivity index (χ3n) is 2.54. The molecule has 0 amide bonds. The Hall–Kier alpha value is -0.190. The number of unbranched alkanes of at least 4 members (excludes halogenated alkanes) is 1. The molecule has 4 heteroatoms. The minimum atomic E-state index is 0.328. The van der Waals surface area contributed by atoms with Crippen LogP contribution in [0.25, 0.3) is 0 Å². The van der Waals surface area contributed by atoms with Gasteiger partial charge in [0, 0.05) is 13.2 Å². The summed E-state index contributed by atoms with van der Waals surface area (Å²) in [7, 11) is 0. The Morgan fingerprint density at radius 2 is 2.27 bits per heavy atom. The fourth-order valence-electron chi connectivity index (χ4n) is 1.66. The van der Waals surface area contributed by atoms with E-state index in [0.29, 0.717) is 11.1 Å². The molecule has 3 nitrogen and oxygen atoms in total. The van der Waals surface area contributed by atoms with E-state index in [1.165, 1.54) is 12.8 Å². The highest BCUT2D eigenvalue weighted by Gasteiger charge is 2.13. The predicted octanol–water partition coefficient (Wildman–Crippen LogP) is 2.03. The molecule has 0 aromatic heterocycles. The van der Waals surface area contributed by atoms with Crippen LogP contribution < -0.4 is 5.73 Å². The van der Waals surface area contributed by atoms with E-state index in [9.17, 15) is 0 Å². The Bertz CT molecular complexity index is 181. The van der Waals surface area contributed by atoms with E-state index in [2.05, 4.69) is 0 Å². The second-order valence-electron chi connectivity index (χ2n) is 3.99. The zero-order chi connectivity index (χ0) is 10.9. The van der Waals surface area contributed by atoms with Crippen LogP contribution in [-0.2, 0) is 9.47 Å². The van der Waals surface area contributed by atoms with Crippen LogP contribution in [0, 0.1) is 0 Å². The van der Waals surface area contributed by atoms with Crippen LogP contribution in [0.15, 0.2) is 0 Å². The van der Waals surface area contributed by atoms with Crippen LogP contribution in [0.4, 0.5) is 0 Å². The summed E-state index contributed by atoms with van der Waals surface area (Å²) in [6.45, 7) is 2.44. The van der Waals surface area contributed by atoms with Crippen molar-refractivity contribution in [3.8, 4) is 0 Å². The zero-order valence-electron chi connectivity index (χ0n) is 9.24. The number of hydrogen-bond donors (Lipinski definition) is 1. The second-order valence-corrected chi connectivity index (χ2v) is 4.51. The summed E-state index contributed by atoms with van der Waals surface area (Å²) < 4.78 is 11.1. The molecule has 1 fully saturated rings. The van der Waals surface area contributed by atoms with Gasteiger partial charge in [-0.1, -0.05) is 12.2 Å². The molecule has 0 aliphatic carbocycles. The summed E-state index contributed by atoms with van der Waals surface area (Å²) in [4.78, 5) is 0.602. The summed E-state index contributed by atoms with van der Waals surface area (Å²) in [6, 6.07) is 0. The number of nitrogens with two attached hydrogens (primary N) is 1. The molecule has 88 valence electrons. The Balaban J connectivity index is 1.85. The molecule has 1 heterocycles. The van der Waals surface area contributed by atoms with Crippen molar-refractivity contribution in [2.75, 3.05) is 19.8 Å². The van der Waals surface area contributed by atoms with Gasteiger partial charge in [-0.2, -0.15) is 0 Å². The molecule has 0 saturated carbocycles. The molecule has 1 atom stereocenters. The van der Waals surface area contributed by atoms with Crippen molar-refractivity contribution in [2.24, 2.45) is 5.73 Å². The van der Waals surface area contributed by atoms with Crippen LogP contribution in [0.2, 0.25) is 0 Å². The maximum Gasteiger partial charge on any atom is 0.0808 e. The molecule has 15 heavy (non-hydrogen) atoms. The van der Waals surface area contributed by atoms with E-state index in [0.717, 1.165) is 45.5 Å². The molecule has 0 spiro atoms. The maximum atomic E-state index is 5.56. The molecule has 0 aromatic carbocycles. The van der Waals surface area contributed by atoms with Crippen LogP contribution >= 0.6 is 12.2 Å². The van der Waals surface area contributed by atoms with Gasteiger partial charge in [-0.15, -0.1) is 0 Å². The van der Waals surface area contributed by atoms with Gasteiger partial charge in [0.05, 0.1) is 17.7 Å². The number of hydrogen-bond acceptors (Lipinski definition) is 3. The summed E-state index contributed by atoms with van der Waals surface area (Å²) in [6.07, 6.45) is 6.84. The van der Waals surface area contributed by atoms with Gasteiger partial charge in [0.1, 0.15) is 0 Å². The van der Waals surface area contributed by atoms with Crippen LogP contribution in [-0.4, -0.2) is 30.9 Å². The van der Waals surface area contributed by atoms with Crippen LogP contribution in [0.3, 0.4) is 0 Å². The van der Waals surface area contributed by atoms with Gasteiger partial charge >= 0.3 is 0 Å². The summed E-state index contributed by atoms with van der Waals surface area (Å²) >= 11 is 4.79. The minimum absolute atomic E-state index is 0.328. The number of rotatable bonds is 7. The van der Waals surface area contributed by atoms with Gasteiger partial charge < -0.3 is 15.2 Å². The van der Waals surface area contributed by atoms with Crippen molar-refractivity contribution in [3.05, 3.63) is 0 Å². The molecule has 1 rings (SSSR count). The van der Waals surface area contributed by atoms with Crippen molar-refractivity contribution >= 4 is 17.2 Å². The maximum absolute atomic E-state index is 5.56. The molecule has 0 radical (unpaired) electrons. The average Bonchev–Trinajstić information content (AvgIpc) is 2.24. The van der Waals surface area contributed by atoms with E-state index in [-0.39, 0.29) is 0 Å². The lowest BCUT2D eigenvalue weighted by atomic mass is 10.1. The smallest absolute Gasteiger partial charge is 0.0808 e. The van der Waals surface area contributed by atoms with Gasteiger partial charge in [0.2, 0.25) is 0 Å². The first-order valence-electron chi connectivity index (χ1n) is 5.76. The van der Waals surface area contributed by atoms with Crippen molar-refractivity contribution in [3.63, 3.8) is 0 Å². The largest absolute Gasteiger partial charge is 0.393 e. The summed E-state index contributed by atoms with van der Waals surface area (Å²) in [5.74, 6) is 0. The van der Waals surface area contributed by atoms with Gasteiger partial charge in [-0.3, -0.25) is 0 Å². The van der Waals surface area contributed by atoms with Crippen molar-refractivity contribution in [1.29, 1.82) is 0 Å². The monoisotopic (exact) mass is 231 g/mol. The SMILES string of the molecule is NC(=S)CCCCOCC1CCCCO1. The first kappa shape index (κ1) is 12.9. The fourth-order valence-corrected chi connectivity index (χ4v) is 1.80. The lowest BCUT2D eigenvalue weighted by Crippen LogP contribution is -2.24. The second kappa shape index (κ2) is 8.02. The molecule has 1 unspecified atom stereocenters. The van der Waals surface area contributed by atoms with Crippen LogP contribution in [0.5, 0.6) is 0 Å². The van der Waals surface area contributed by atoms with E-state index in [4.69, 9.17) is 27.4 Å².